The number of anilines is 1. The first-order chi connectivity index (χ1) is 12.2. The molecule has 0 unspecified atom stereocenters. The maximum atomic E-state index is 5.40. The number of rotatable bonds is 3. The number of hydrogen-bond donors (Lipinski definition) is 0. The summed E-state index contributed by atoms with van der Waals surface area (Å²) in [6.45, 7) is 7.62. The van der Waals surface area contributed by atoms with E-state index in [1.54, 1.807) is 0 Å². The predicted octanol–water partition coefficient (Wildman–Crippen LogP) is 3.65. The lowest BCUT2D eigenvalue weighted by atomic mass is 10.0. The van der Waals surface area contributed by atoms with E-state index in [2.05, 4.69) is 35.9 Å². The highest BCUT2D eigenvalue weighted by Gasteiger charge is 2.14. The number of ether oxygens (including phenoxy) is 1. The van der Waals surface area contributed by atoms with Crippen molar-refractivity contribution in [3.63, 3.8) is 0 Å². The van der Waals surface area contributed by atoms with Gasteiger partial charge in [0.25, 0.3) is 0 Å². The van der Waals surface area contributed by atoms with Crippen molar-refractivity contribution in [2.45, 2.75) is 19.8 Å². The molecule has 5 nitrogen and oxygen atoms in total. The van der Waals surface area contributed by atoms with Crippen molar-refractivity contribution in [3.05, 3.63) is 48.3 Å². The lowest BCUT2D eigenvalue weighted by molar-refractivity contribution is 0.122. The minimum Gasteiger partial charge on any atom is -0.378 e. The molecule has 0 amide bonds. The van der Waals surface area contributed by atoms with Crippen LogP contribution in [0, 0.1) is 0 Å². The first kappa shape index (κ1) is 16.0. The molecule has 128 valence electrons. The van der Waals surface area contributed by atoms with Crippen molar-refractivity contribution < 1.29 is 4.74 Å². The fourth-order valence-corrected chi connectivity index (χ4v) is 3.17. The van der Waals surface area contributed by atoms with Gasteiger partial charge in [-0.05, 0) is 24.1 Å². The molecule has 1 aliphatic rings. The maximum absolute atomic E-state index is 5.40. The Balaban J connectivity index is 1.71. The van der Waals surface area contributed by atoms with Crippen molar-refractivity contribution in [3.8, 4) is 11.4 Å². The van der Waals surface area contributed by atoms with Gasteiger partial charge in [0.2, 0.25) is 0 Å². The molecule has 0 atom stereocenters. The molecule has 0 saturated carbocycles. The Morgan fingerprint density at radius 2 is 1.80 bits per heavy atom. The van der Waals surface area contributed by atoms with Crippen LogP contribution in [0.5, 0.6) is 0 Å². The summed E-state index contributed by atoms with van der Waals surface area (Å²) >= 11 is 0. The summed E-state index contributed by atoms with van der Waals surface area (Å²) in [4.78, 5) is 16.4. The van der Waals surface area contributed by atoms with Gasteiger partial charge in [-0.1, -0.05) is 32.0 Å². The van der Waals surface area contributed by atoms with Crippen LogP contribution in [-0.2, 0) is 4.74 Å². The molecular formula is C20H22N4O. The van der Waals surface area contributed by atoms with Crippen LogP contribution in [0.3, 0.4) is 0 Å². The third kappa shape index (κ3) is 3.20. The zero-order chi connectivity index (χ0) is 17.2. The molecule has 25 heavy (non-hydrogen) atoms. The van der Waals surface area contributed by atoms with E-state index in [4.69, 9.17) is 14.7 Å². The second kappa shape index (κ2) is 6.76. The fourth-order valence-electron chi connectivity index (χ4n) is 3.17. The molecule has 0 spiro atoms. The Bertz CT molecular complexity index is 871. The summed E-state index contributed by atoms with van der Waals surface area (Å²) in [5, 5.41) is 1.12. The minimum atomic E-state index is 0.340. The number of nitrogens with zero attached hydrogens (tertiary/aromatic N) is 4. The van der Waals surface area contributed by atoms with E-state index >= 15 is 0 Å². The van der Waals surface area contributed by atoms with E-state index in [0.717, 1.165) is 60.1 Å². The van der Waals surface area contributed by atoms with Gasteiger partial charge in [0.1, 0.15) is 5.82 Å². The Hall–Kier alpha value is -2.53. The Morgan fingerprint density at radius 1 is 1.00 bits per heavy atom. The average molecular weight is 334 g/mol. The maximum Gasteiger partial charge on any atom is 0.161 e. The highest BCUT2D eigenvalue weighted by atomic mass is 16.5. The summed E-state index contributed by atoms with van der Waals surface area (Å²) in [5.74, 6) is 2.06. The largest absolute Gasteiger partial charge is 0.378 e. The molecule has 3 heterocycles. The summed E-state index contributed by atoms with van der Waals surface area (Å²) in [7, 11) is 0. The summed E-state index contributed by atoms with van der Waals surface area (Å²) in [6.07, 6.45) is 1.87. The smallest absolute Gasteiger partial charge is 0.161 e. The zero-order valence-corrected chi connectivity index (χ0v) is 14.6. The summed E-state index contributed by atoms with van der Waals surface area (Å²) in [6, 6.07) is 12.3. The second-order valence-electron chi connectivity index (χ2n) is 6.61. The third-order valence-electron chi connectivity index (χ3n) is 4.52. The van der Waals surface area contributed by atoms with E-state index in [1.165, 1.54) is 0 Å². The van der Waals surface area contributed by atoms with Gasteiger partial charge in [-0.15, -0.1) is 0 Å². The molecule has 4 rings (SSSR count). The van der Waals surface area contributed by atoms with Crippen molar-refractivity contribution in [2.75, 3.05) is 31.2 Å². The van der Waals surface area contributed by atoms with Crippen molar-refractivity contribution >= 4 is 16.7 Å². The molecule has 1 saturated heterocycles. The van der Waals surface area contributed by atoms with Gasteiger partial charge in [-0.3, -0.25) is 0 Å². The predicted molar refractivity (Wildman–Crippen MR) is 99.9 cm³/mol. The number of benzene rings is 1. The van der Waals surface area contributed by atoms with Gasteiger partial charge < -0.3 is 9.64 Å². The number of fused-ring (bicyclic) bond motifs is 1. The highest BCUT2D eigenvalue weighted by Crippen LogP contribution is 2.26. The standard InChI is InChI=1S/C20H22N4O/c1-14(2)19-16-5-3-4-6-17(16)22-20(23-19)15-7-8-18(21-13-15)24-9-11-25-12-10-24/h3-8,13-14H,9-12H2,1-2H3. The van der Waals surface area contributed by atoms with Gasteiger partial charge >= 0.3 is 0 Å². The number of pyridine rings is 1. The van der Waals surface area contributed by atoms with Gasteiger partial charge in [0, 0.05) is 30.2 Å². The van der Waals surface area contributed by atoms with E-state index in [9.17, 15) is 0 Å². The topological polar surface area (TPSA) is 51.1 Å². The Morgan fingerprint density at radius 3 is 2.52 bits per heavy atom. The first-order valence-electron chi connectivity index (χ1n) is 8.78. The van der Waals surface area contributed by atoms with Gasteiger partial charge in [0.05, 0.1) is 24.4 Å². The molecule has 3 aromatic rings. The van der Waals surface area contributed by atoms with E-state index in [1.807, 2.05) is 30.5 Å². The third-order valence-corrected chi connectivity index (χ3v) is 4.52. The molecule has 1 aromatic carbocycles. The minimum absolute atomic E-state index is 0.340. The first-order valence-corrected chi connectivity index (χ1v) is 8.78. The van der Waals surface area contributed by atoms with Crippen LogP contribution < -0.4 is 4.90 Å². The Labute approximate surface area is 147 Å². The van der Waals surface area contributed by atoms with Crippen molar-refractivity contribution in [1.29, 1.82) is 0 Å². The van der Waals surface area contributed by atoms with E-state index < -0.39 is 0 Å². The molecule has 1 aliphatic heterocycles. The lowest BCUT2D eigenvalue weighted by Gasteiger charge is -2.27. The van der Waals surface area contributed by atoms with Crippen LogP contribution in [-0.4, -0.2) is 41.3 Å². The molecule has 0 aliphatic carbocycles. The van der Waals surface area contributed by atoms with Crippen molar-refractivity contribution in [1.82, 2.24) is 15.0 Å². The normalized spacial score (nSPS) is 15.1. The van der Waals surface area contributed by atoms with Crippen LogP contribution in [0.25, 0.3) is 22.3 Å². The van der Waals surface area contributed by atoms with Gasteiger partial charge in [-0.2, -0.15) is 0 Å². The second-order valence-corrected chi connectivity index (χ2v) is 6.61. The number of para-hydroxylation sites is 1. The lowest BCUT2D eigenvalue weighted by Crippen LogP contribution is -2.36. The molecule has 0 radical (unpaired) electrons. The SMILES string of the molecule is CC(C)c1nc(-c2ccc(N3CCOCC3)nc2)nc2ccccc12. The van der Waals surface area contributed by atoms with Gasteiger partial charge in [-0.25, -0.2) is 15.0 Å². The van der Waals surface area contributed by atoms with Crippen LogP contribution in [0.2, 0.25) is 0 Å². The van der Waals surface area contributed by atoms with Crippen LogP contribution in [0.4, 0.5) is 5.82 Å². The van der Waals surface area contributed by atoms with E-state index in [0.29, 0.717) is 5.92 Å². The summed E-state index contributed by atoms with van der Waals surface area (Å²) < 4.78 is 5.40. The highest BCUT2D eigenvalue weighted by molar-refractivity contribution is 5.83. The quantitative estimate of drug-likeness (QED) is 0.732. The molecule has 1 fully saturated rings. The monoisotopic (exact) mass is 334 g/mol. The van der Waals surface area contributed by atoms with Crippen molar-refractivity contribution in [2.24, 2.45) is 0 Å². The van der Waals surface area contributed by atoms with E-state index in [-0.39, 0.29) is 0 Å². The summed E-state index contributed by atoms with van der Waals surface area (Å²) in [5.41, 5.74) is 3.01. The molecule has 2 aromatic heterocycles. The Kier molecular flexibility index (Phi) is 4.32. The zero-order valence-electron chi connectivity index (χ0n) is 14.6. The molecule has 0 N–H and O–H groups in total. The fraction of sp³-hybridized carbons (Fsp3) is 0.350. The average Bonchev–Trinajstić information content (AvgIpc) is 2.68. The molecule has 0 bridgehead atoms. The van der Waals surface area contributed by atoms with Crippen LogP contribution in [0.1, 0.15) is 25.5 Å². The van der Waals surface area contributed by atoms with Gasteiger partial charge in [0.15, 0.2) is 5.82 Å². The number of morpholine rings is 1. The van der Waals surface area contributed by atoms with Crippen LogP contribution >= 0.6 is 0 Å². The number of aromatic nitrogens is 3. The molecule has 5 heteroatoms. The number of hydrogen-bond acceptors (Lipinski definition) is 5. The van der Waals surface area contributed by atoms with Crippen LogP contribution in [0.15, 0.2) is 42.6 Å². The molecular weight excluding hydrogens is 312 g/mol.